The highest BCUT2D eigenvalue weighted by molar-refractivity contribution is 14.0. The molecule has 2 fully saturated rings. The van der Waals surface area contributed by atoms with E-state index in [0.29, 0.717) is 25.7 Å². The van der Waals surface area contributed by atoms with Crippen LogP contribution in [0.5, 0.6) is 0 Å². The normalized spacial score (nSPS) is 24.0. The number of aromatic nitrogens is 2. The number of guanidine groups is 1. The largest absolute Gasteiger partial charge is 0.435 e. The van der Waals surface area contributed by atoms with Gasteiger partial charge in [0.15, 0.2) is 11.7 Å². The molecule has 154 valence electrons. The third-order valence-corrected chi connectivity index (χ3v) is 4.59. The molecule has 2 atom stereocenters. The smallest absolute Gasteiger partial charge is 0.375 e. The minimum atomic E-state index is -4.48. The molecule has 0 aromatic carbocycles. The number of nitrogens with one attached hydrogen (secondary N) is 1. The Labute approximate surface area is 173 Å². The van der Waals surface area contributed by atoms with Crippen molar-refractivity contribution in [2.45, 2.75) is 37.8 Å². The van der Waals surface area contributed by atoms with E-state index in [4.69, 9.17) is 9.47 Å². The van der Waals surface area contributed by atoms with E-state index in [1.165, 1.54) is 17.9 Å². The second kappa shape index (κ2) is 9.41. The predicted molar refractivity (Wildman–Crippen MR) is 104 cm³/mol. The first-order valence-corrected chi connectivity index (χ1v) is 8.67. The van der Waals surface area contributed by atoms with Crippen molar-refractivity contribution in [2.75, 3.05) is 33.4 Å². The Kier molecular flexibility index (Phi) is 7.74. The molecule has 11 heteroatoms. The van der Waals surface area contributed by atoms with Crippen molar-refractivity contribution in [3.05, 3.63) is 17.5 Å². The van der Waals surface area contributed by atoms with Gasteiger partial charge in [0.25, 0.3) is 0 Å². The van der Waals surface area contributed by atoms with Crippen LogP contribution in [-0.2, 0) is 29.2 Å². The number of morpholine rings is 1. The van der Waals surface area contributed by atoms with E-state index in [1.807, 2.05) is 4.90 Å². The van der Waals surface area contributed by atoms with Crippen LogP contribution < -0.4 is 5.32 Å². The van der Waals surface area contributed by atoms with Gasteiger partial charge in [0.2, 0.25) is 0 Å². The van der Waals surface area contributed by atoms with E-state index in [9.17, 15) is 13.2 Å². The summed E-state index contributed by atoms with van der Waals surface area (Å²) in [6.45, 7) is 2.51. The van der Waals surface area contributed by atoms with Crippen molar-refractivity contribution in [1.29, 1.82) is 0 Å². The van der Waals surface area contributed by atoms with Gasteiger partial charge >= 0.3 is 6.18 Å². The summed E-state index contributed by atoms with van der Waals surface area (Å²) in [6, 6.07) is 0. The molecule has 0 bridgehead atoms. The summed E-state index contributed by atoms with van der Waals surface area (Å²) in [5.74, 6) is 0.549. The van der Waals surface area contributed by atoms with Crippen LogP contribution >= 0.6 is 24.0 Å². The molecule has 1 aromatic rings. The van der Waals surface area contributed by atoms with Gasteiger partial charge in [0.05, 0.1) is 12.7 Å². The second-order valence-electron chi connectivity index (χ2n) is 6.48. The molecule has 0 aliphatic carbocycles. The number of hydrogen-bond donors (Lipinski definition) is 1. The van der Waals surface area contributed by atoms with E-state index < -0.39 is 11.9 Å². The first-order valence-electron chi connectivity index (χ1n) is 8.67. The van der Waals surface area contributed by atoms with Gasteiger partial charge in [-0.3, -0.25) is 9.67 Å². The second-order valence-corrected chi connectivity index (χ2v) is 6.48. The molecule has 3 rings (SSSR count). The molecule has 2 aliphatic heterocycles. The number of ether oxygens (including phenoxy) is 2. The van der Waals surface area contributed by atoms with Crippen molar-refractivity contribution in [2.24, 2.45) is 12.0 Å². The summed E-state index contributed by atoms with van der Waals surface area (Å²) < 4.78 is 51.9. The van der Waals surface area contributed by atoms with Crippen molar-refractivity contribution in [1.82, 2.24) is 20.0 Å². The van der Waals surface area contributed by atoms with Gasteiger partial charge in [-0.05, 0) is 12.8 Å². The Hall–Kier alpha value is -1.08. The van der Waals surface area contributed by atoms with Gasteiger partial charge in [0, 0.05) is 52.1 Å². The summed E-state index contributed by atoms with van der Waals surface area (Å²) >= 11 is 0. The average Bonchev–Trinajstić information content (AvgIpc) is 3.25. The van der Waals surface area contributed by atoms with Crippen LogP contribution in [0.1, 0.15) is 24.1 Å². The third kappa shape index (κ3) is 5.47. The van der Waals surface area contributed by atoms with Crippen molar-refractivity contribution in [3.63, 3.8) is 0 Å². The zero-order valence-corrected chi connectivity index (χ0v) is 17.7. The van der Waals surface area contributed by atoms with Gasteiger partial charge in [-0.2, -0.15) is 18.3 Å². The van der Waals surface area contributed by atoms with Gasteiger partial charge in [-0.25, -0.2) is 0 Å². The van der Waals surface area contributed by atoms with E-state index in [1.54, 1.807) is 7.05 Å². The van der Waals surface area contributed by atoms with Crippen molar-refractivity contribution >= 4 is 29.9 Å². The maximum atomic E-state index is 13.1. The summed E-state index contributed by atoms with van der Waals surface area (Å²) in [4.78, 5) is 6.21. The predicted octanol–water partition coefficient (Wildman–Crippen LogP) is 2.01. The summed E-state index contributed by atoms with van der Waals surface area (Å²) in [5.41, 5.74) is -0.785. The van der Waals surface area contributed by atoms with Gasteiger partial charge < -0.3 is 19.7 Å². The quantitative estimate of drug-likeness (QED) is 0.389. The number of alkyl halides is 3. The lowest BCUT2D eigenvalue weighted by Gasteiger charge is -2.37. The summed E-state index contributed by atoms with van der Waals surface area (Å²) in [7, 11) is 3.09. The molecular formula is C16H25F3IN5O2. The molecule has 0 amide bonds. The van der Waals surface area contributed by atoms with E-state index in [2.05, 4.69) is 15.4 Å². The zero-order valence-electron chi connectivity index (χ0n) is 15.3. The van der Waals surface area contributed by atoms with Crippen molar-refractivity contribution < 1.29 is 22.6 Å². The van der Waals surface area contributed by atoms with Crippen LogP contribution in [-0.4, -0.2) is 66.2 Å². The first kappa shape index (κ1) is 22.2. The van der Waals surface area contributed by atoms with Crippen LogP contribution in [0.25, 0.3) is 0 Å². The molecule has 2 saturated heterocycles. The Bertz CT molecular complexity index is 646. The summed E-state index contributed by atoms with van der Waals surface area (Å²) in [6.07, 6.45) is -1.09. The number of nitrogens with zero attached hydrogens (tertiary/aromatic N) is 4. The highest BCUT2D eigenvalue weighted by Gasteiger charge is 2.37. The molecule has 27 heavy (non-hydrogen) atoms. The molecular weight excluding hydrogens is 478 g/mol. The van der Waals surface area contributed by atoms with Crippen molar-refractivity contribution in [3.8, 4) is 0 Å². The highest BCUT2D eigenvalue weighted by Crippen LogP contribution is 2.30. The van der Waals surface area contributed by atoms with Crippen LogP contribution in [0.4, 0.5) is 13.2 Å². The number of hydrogen-bond acceptors (Lipinski definition) is 4. The lowest BCUT2D eigenvalue weighted by Crippen LogP contribution is -2.53. The van der Waals surface area contributed by atoms with E-state index in [0.717, 1.165) is 19.4 Å². The molecule has 0 radical (unpaired) electrons. The lowest BCUT2D eigenvalue weighted by molar-refractivity contribution is -0.142. The fourth-order valence-electron chi connectivity index (χ4n) is 3.40. The van der Waals surface area contributed by atoms with Crippen LogP contribution in [0, 0.1) is 0 Å². The Balaban J connectivity index is 0.00000261. The fourth-order valence-corrected chi connectivity index (χ4v) is 3.40. The number of aryl methyl sites for hydroxylation is 1. The number of aliphatic imine (C=N–C) groups is 1. The monoisotopic (exact) mass is 503 g/mol. The first-order chi connectivity index (χ1) is 12.4. The van der Waals surface area contributed by atoms with Gasteiger partial charge in [0.1, 0.15) is 6.10 Å². The Morgan fingerprint density at radius 3 is 2.70 bits per heavy atom. The molecule has 3 heterocycles. The topological polar surface area (TPSA) is 63.9 Å². The Morgan fingerprint density at radius 1 is 1.33 bits per heavy atom. The maximum Gasteiger partial charge on any atom is 0.435 e. The highest BCUT2D eigenvalue weighted by atomic mass is 127. The fraction of sp³-hybridized carbons (Fsp3) is 0.750. The van der Waals surface area contributed by atoms with Crippen LogP contribution in [0.15, 0.2) is 11.2 Å². The minimum Gasteiger partial charge on any atom is -0.375 e. The zero-order chi connectivity index (χ0) is 18.7. The van der Waals surface area contributed by atoms with E-state index >= 15 is 0 Å². The number of halogens is 4. The van der Waals surface area contributed by atoms with Gasteiger partial charge in [-0.15, -0.1) is 24.0 Å². The molecule has 0 saturated carbocycles. The molecule has 1 N–H and O–H groups in total. The Morgan fingerprint density at radius 2 is 2.07 bits per heavy atom. The standard InChI is InChI=1S/C16H24F3N5O2.HI/c1-20-15(21-8-11-9-23(2)22-14(11)16(17,18)19)24-5-7-26-13(10-24)12-4-3-6-25-12;/h9,12-13H,3-8,10H2,1-2H3,(H,20,21);1H. The molecule has 1 aromatic heterocycles. The average molecular weight is 503 g/mol. The molecule has 2 aliphatic rings. The molecule has 0 spiro atoms. The number of rotatable bonds is 3. The molecule has 2 unspecified atom stereocenters. The molecule has 7 nitrogen and oxygen atoms in total. The lowest BCUT2D eigenvalue weighted by atomic mass is 10.1. The third-order valence-electron chi connectivity index (χ3n) is 4.59. The minimum absolute atomic E-state index is 0. The van der Waals surface area contributed by atoms with Crippen LogP contribution in [0.3, 0.4) is 0 Å². The van der Waals surface area contributed by atoms with E-state index in [-0.39, 0.29) is 48.3 Å². The van der Waals surface area contributed by atoms with Gasteiger partial charge in [-0.1, -0.05) is 0 Å². The summed E-state index contributed by atoms with van der Waals surface area (Å²) in [5, 5.41) is 6.54. The SMILES string of the molecule is CN=C(NCc1cn(C)nc1C(F)(F)F)N1CCOC(C2CCCO2)C1.I. The maximum absolute atomic E-state index is 13.1. The van der Waals surface area contributed by atoms with Crippen LogP contribution in [0.2, 0.25) is 0 Å².